The first-order valence-corrected chi connectivity index (χ1v) is 11.0. The first-order chi connectivity index (χ1) is 14.1. The van der Waals surface area contributed by atoms with Crippen LogP contribution in [0.3, 0.4) is 0 Å². The van der Waals surface area contributed by atoms with Gasteiger partial charge in [-0.3, -0.25) is 14.4 Å². The molecule has 1 aromatic rings. The van der Waals surface area contributed by atoms with E-state index in [0.29, 0.717) is 19.4 Å². The number of primary sulfonamides is 1. The van der Waals surface area contributed by atoms with E-state index in [4.69, 9.17) is 14.6 Å². The van der Waals surface area contributed by atoms with E-state index in [1.54, 1.807) is 6.92 Å². The first-order valence-electron chi connectivity index (χ1n) is 9.49. The van der Waals surface area contributed by atoms with Crippen molar-refractivity contribution < 1.29 is 32.3 Å². The number of nitrogens with zero attached hydrogens (tertiary/aromatic N) is 2. The highest BCUT2D eigenvalue weighted by Gasteiger charge is 2.30. The Hall–Kier alpha value is -2.66. The van der Waals surface area contributed by atoms with Gasteiger partial charge in [-0.25, -0.2) is 13.6 Å². The van der Waals surface area contributed by atoms with Gasteiger partial charge in [0, 0.05) is 20.1 Å². The Morgan fingerprint density at radius 3 is 2.60 bits per heavy atom. The van der Waals surface area contributed by atoms with Crippen LogP contribution in [0.25, 0.3) is 0 Å². The van der Waals surface area contributed by atoms with Crippen LogP contribution in [-0.4, -0.2) is 76.4 Å². The molecule has 2 rings (SSSR count). The molecule has 1 fully saturated rings. The average molecular weight is 442 g/mol. The molecule has 30 heavy (non-hydrogen) atoms. The molecule has 2 N–H and O–H groups in total. The summed E-state index contributed by atoms with van der Waals surface area (Å²) in [6.07, 6.45) is 1.31. The van der Waals surface area contributed by atoms with Crippen LogP contribution in [0.2, 0.25) is 0 Å². The molecule has 0 spiro atoms. The molecule has 1 aliphatic rings. The van der Waals surface area contributed by atoms with E-state index in [2.05, 4.69) is 0 Å². The number of hydrogen-bond acceptors (Lipinski definition) is 7. The zero-order chi connectivity index (χ0) is 22.5. The fourth-order valence-corrected chi connectivity index (χ4v) is 3.81. The molecule has 1 saturated heterocycles. The number of amides is 2. The van der Waals surface area contributed by atoms with Gasteiger partial charge in [-0.05, 0) is 38.0 Å². The van der Waals surface area contributed by atoms with Crippen molar-refractivity contribution >= 4 is 27.8 Å². The second-order valence-electron chi connectivity index (χ2n) is 7.00. The number of likely N-dealkylation sites (N-methyl/N-ethyl adjacent to an activating group) is 1. The molecule has 11 heteroatoms. The quantitative estimate of drug-likeness (QED) is 0.598. The Morgan fingerprint density at radius 2 is 2.00 bits per heavy atom. The maximum atomic E-state index is 12.8. The molecule has 0 aromatic heterocycles. The van der Waals surface area contributed by atoms with Crippen LogP contribution in [0.15, 0.2) is 23.1 Å². The van der Waals surface area contributed by atoms with Gasteiger partial charge in [0.2, 0.25) is 15.9 Å². The van der Waals surface area contributed by atoms with Gasteiger partial charge in [-0.15, -0.1) is 0 Å². The summed E-state index contributed by atoms with van der Waals surface area (Å²) >= 11 is 0. The van der Waals surface area contributed by atoms with Gasteiger partial charge in [-0.1, -0.05) is 0 Å². The number of ether oxygens (including phenoxy) is 2. The van der Waals surface area contributed by atoms with Gasteiger partial charge in [-0.2, -0.15) is 0 Å². The van der Waals surface area contributed by atoms with Crippen LogP contribution in [0.5, 0.6) is 5.75 Å². The van der Waals surface area contributed by atoms with Crippen molar-refractivity contribution in [3.05, 3.63) is 23.8 Å². The number of likely N-dealkylation sites (tertiary alicyclic amines) is 1. The van der Waals surface area contributed by atoms with Gasteiger partial charge >= 0.3 is 5.97 Å². The monoisotopic (exact) mass is 441 g/mol. The maximum absolute atomic E-state index is 12.8. The molecular formula is C19H27N3O7S. The predicted octanol–water partition coefficient (Wildman–Crippen LogP) is 0.216. The molecule has 1 atom stereocenters. The summed E-state index contributed by atoms with van der Waals surface area (Å²) in [5.41, 5.74) is -0.0256. The normalized spacial score (nSPS) is 16.7. The van der Waals surface area contributed by atoms with Crippen LogP contribution < -0.4 is 9.88 Å². The zero-order valence-corrected chi connectivity index (χ0v) is 18.1. The van der Waals surface area contributed by atoms with Gasteiger partial charge in [0.15, 0.2) is 0 Å². The highest BCUT2D eigenvalue weighted by Crippen LogP contribution is 2.24. The van der Waals surface area contributed by atoms with Gasteiger partial charge in [0.1, 0.15) is 5.75 Å². The first kappa shape index (κ1) is 23.6. The van der Waals surface area contributed by atoms with E-state index in [-0.39, 0.29) is 53.7 Å². The fraction of sp³-hybridized carbons (Fsp3) is 0.526. The second kappa shape index (κ2) is 9.90. The largest absolute Gasteiger partial charge is 0.496 e. The number of piperidine rings is 1. The molecule has 2 amide bonds. The van der Waals surface area contributed by atoms with Crippen molar-refractivity contribution in [2.45, 2.75) is 24.7 Å². The number of rotatable bonds is 7. The SMILES string of the molecule is CCOC(=O)C1CCCN(C(=O)CN(C)C(=O)c2cc(S(N)(=O)=O)ccc2OC)C1. The molecule has 0 saturated carbocycles. The number of sulfonamides is 1. The lowest BCUT2D eigenvalue weighted by Gasteiger charge is -2.32. The van der Waals surface area contributed by atoms with E-state index in [1.165, 1.54) is 36.1 Å². The average Bonchev–Trinajstić information content (AvgIpc) is 2.72. The summed E-state index contributed by atoms with van der Waals surface area (Å²) in [6, 6.07) is 3.69. The smallest absolute Gasteiger partial charge is 0.310 e. The minimum absolute atomic E-state index is 0.0256. The maximum Gasteiger partial charge on any atom is 0.310 e. The van der Waals surface area contributed by atoms with E-state index >= 15 is 0 Å². The third kappa shape index (κ3) is 5.70. The lowest BCUT2D eigenvalue weighted by molar-refractivity contribution is -0.151. The summed E-state index contributed by atoms with van der Waals surface area (Å²) < 4.78 is 33.4. The van der Waals surface area contributed by atoms with Crippen LogP contribution in [0, 0.1) is 5.92 Å². The Kier molecular flexibility index (Phi) is 7.79. The van der Waals surface area contributed by atoms with Crippen molar-refractivity contribution in [3.63, 3.8) is 0 Å². The summed E-state index contributed by atoms with van der Waals surface area (Å²) in [4.78, 5) is 40.0. The number of benzene rings is 1. The number of methoxy groups -OCH3 is 1. The molecule has 166 valence electrons. The van der Waals surface area contributed by atoms with Crippen molar-refractivity contribution in [1.29, 1.82) is 0 Å². The van der Waals surface area contributed by atoms with Gasteiger partial charge in [0.25, 0.3) is 5.91 Å². The van der Waals surface area contributed by atoms with Gasteiger partial charge < -0.3 is 19.3 Å². The highest BCUT2D eigenvalue weighted by molar-refractivity contribution is 7.89. The Bertz CT molecular complexity index is 917. The van der Waals surface area contributed by atoms with Crippen LogP contribution >= 0.6 is 0 Å². The van der Waals surface area contributed by atoms with E-state index in [9.17, 15) is 22.8 Å². The molecule has 0 aliphatic carbocycles. The number of esters is 1. The van der Waals surface area contributed by atoms with E-state index in [0.717, 1.165) is 6.07 Å². The fourth-order valence-electron chi connectivity index (χ4n) is 3.27. The van der Waals surface area contributed by atoms with Crippen LogP contribution in [0.4, 0.5) is 0 Å². The number of carbonyl (C=O) groups is 3. The van der Waals surface area contributed by atoms with Crippen molar-refractivity contribution in [3.8, 4) is 5.75 Å². The van der Waals surface area contributed by atoms with E-state index < -0.39 is 15.9 Å². The third-order valence-corrected chi connectivity index (χ3v) is 5.75. The Labute approximate surface area is 176 Å². The molecule has 1 unspecified atom stereocenters. The van der Waals surface area contributed by atoms with Crippen molar-refractivity contribution in [1.82, 2.24) is 9.80 Å². The van der Waals surface area contributed by atoms with Gasteiger partial charge in [0.05, 0.1) is 36.6 Å². The van der Waals surface area contributed by atoms with Crippen molar-refractivity contribution in [2.75, 3.05) is 40.4 Å². The molecule has 1 aromatic carbocycles. The van der Waals surface area contributed by atoms with Crippen LogP contribution in [0.1, 0.15) is 30.1 Å². The summed E-state index contributed by atoms with van der Waals surface area (Å²) in [5.74, 6) is -1.46. The molecule has 10 nitrogen and oxygen atoms in total. The molecule has 1 aliphatic heterocycles. The zero-order valence-electron chi connectivity index (χ0n) is 17.3. The van der Waals surface area contributed by atoms with E-state index in [1.807, 2.05) is 0 Å². The molecule has 0 radical (unpaired) electrons. The summed E-state index contributed by atoms with van der Waals surface area (Å²) in [7, 11) is -1.24. The highest BCUT2D eigenvalue weighted by atomic mass is 32.2. The van der Waals surface area contributed by atoms with Crippen molar-refractivity contribution in [2.24, 2.45) is 11.1 Å². The third-order valence-electron chi connectivity index (χ3n) is 4.84. The number of carbonyl (C=O) groups excluding carboxylic acids is 3. The number of nitrogens with two attached hydrogens (primary N) is 1. The topological polar surface area (TPSA) is 136 Å². The minimum atomic E-state index is -4.01. The summed E-state index contributed by atoms with van der Waals surface area (Å²) in [5, 5.41) is 5.14. The van der Waals surface area contributed by atoms with Crippen LogP contribution in [-0.2, 0) is 24.3 Å². The second-order valence-corrected chi connectivity index (χ2v) is 8.56. The minimum Gasteiger partial charge on any atom is -0.496 e. The lowest BCUT2D eigenvalue weighted by atomic mass is 9.98. The Morgan fingerprint density at radius 1 is 1.30 bits per heavy atom. The molecular weight excluding hydrogens is 414 g/mol. The summed E-state index contributed by atoms with van der Waals surface area (Å²) in [6.45, 7) is 2.49. The standard InChI is InChI=1S/C19H27N3O7S/c1-4-29-19(25)13-6-5-9-22(11-13)17(23)12-21(2)18(24)15-10-14(30(20,26)27)7-8-16(15)28-3/h7-8,10,13H,4-6,9,11-12H2,1-3H3,(H2,20,26,27). The Balaban J connectivity index is 2.12. The molecule has 0 bridgehead atoms. The molecule has 1 heterocycles. The lowest BCUT2D eigenvalue weighted by Crippen LogP contribution is -2.47. The predicted molar refractivity (Wildman–Crippen MR) is 107 cm³/mol. The number of hydrogen-bond donors (Lipinski definition) is 1.